The van der Waals surface area contributed by atoms with E-state index in [4.69, 9.17) is 0 Å². The first-order chi connectivity index (χ1) is 9.38. The molecule has 2 unspecified atom stereocenters. The van der Waals surface area contributed by atoms with Crippen LogP contribution in [0.2, 0.25) is 0 Å². The monoisotopic (exact) mass is 249 g/mol. The highest BCUT2D eigenvalue weighted by Gasteiger charge is 2.49. The Kier molecular flexibility index (Phi) is 2.49. The quantitative estimate of drug-likeness (QED) is 0.808. The second kappa shape index (κ2) is 4.21. The van der Waals surface area contributed by atoms with E-state index < -0.39 is 0 Å². The molecule has 1 nitrogen and oxygen atoms in total. The smallest absolute Gasteiger partial charge is 0.0236 e. The van der Waals surface area contributed by atoms with Gasteiger partial charge in [0, 0.05) is 17.5 Å². The molecule has 0 aromatic heterocycles. The third-order valence-corrected chi connectivity index (χ3v) is 4.91. The number of benzene rings is 2. The fourth-order valence-corrected chi connectivity index (χ4v) is 3.79. The highest BCUT2D eigenvalue weighted by molar-refractivity contribution is 5.41. The Bertz CT molecular complexity index is 521. The van der Waals surface area contributed by atoms with Gasteiger partial charge in [-0.2, -0.15) is 0 Å². The Morgan fingerprint density at radius 2 is 1.37 bits per heavy atom. The van der Waals surface area contributed by atoms with Gasteiger partial charge in [-0.05, 0) is 30.4 Å². The maximum atomic E-state index is 3.62. The van der Waals surface area contributed by atoms with E-state index in [1.165, 1.54) is 30.4 Å². The lowest BCUT2D eigenvalue weighted by Crippen LogP contribution is -2.33. The van der Waals surface area contributed by atoms with Gasteiger partial charge in [0.2, 0.25) is 0 Å². The van der Waals surface area contributed by atoms with Crippen LogP contribution in [0.25, 0.3) is 0 Å². The second-order valence-electron chi connectivity index (χ2n) is 5.94. The molecule has 1 heterocycles. The zero-order chi connectivity index (χ0) is 12.7. The Hall–Kier alpha value is -1.60. The zero-order valence-electron chi connectivity index (χ0n) is 11.0. The van der Waals surface area contributed by atoms with E-state index in [1.54, 1.807) is 0 Å². The molecule has 1 heteroatoms. The summed E-state index contributed by atoms with van der Waals surface area (Å²) >= 11 is 0. The minimum atomic E-state index is 0.215. The lowest BCUT2D eigenvalue weighted by molar-refractivity contribution is 0.383. The molecule has 19 heavy (non-hydrogen) atoms. The van der Waals surface area contributed by atoms with Crippen molar-refractivity contribution in [2.45, 2.75) is 36.8 Å². The van der Waals surface area contributed by atoms with Crippen LogP contribution in [0.5, 0.6) is 0 Å². The van der Waals surface area contributed by atoms with Crippen LogP contribution in [0.1, 0.15) is 30.4 Å². The second-order valence-corrected chi connectivity index (χ2v) is 5.94. The van der Waals surface area contributed by atoms with Crippen LogP contribution in [0, 0.1) is 0 Å². The molecule has 4 rings (SSSR count). The average molecular weight is 249 g/mol. The average Bonchev–Trinajstić information content (AvgIpc) is 3.27. The Balaban J connectivity index is 1.83. The van der Waals surface area contributed by atoms with Crippen molar-refractivity contribution in [1.82, 2.24) is 5.32 Å². The molecule has 0 amide bonds. The third-order valence-electron chi connectivity index (χ3n) is 4.91. The summed E-state index contributed by atoms with van der Waals surface area (Å²) in [5.41, 5.74) is 3.18. The minimum absolute atomic E-state index is 0.215. The number of fused-ring (bicyclic) bond motifs is 1. The van der Waals surface area contributed by atoms with E-state index in [2.05, 4.69) is 66.0 Å². The van der Waals surface area contributed by atoms with Gasteiger partial charge in [0.05, 0.1) is 0 Å². The van der Waals surface area contributed by atoms with Crippen LogP contribution < -0.4 is 5.32 Å². The van der Waals surface area contributed by atoms with Crippen molar-refractivity contribution in [3.8, 4) is 0 Å². The fraction of sp³-hybridized carbons (Fsp3) is 0.333. The van der Waals surface area contributed by atoms with E-state index in [0.717, 1.165) is 12.1 Å². The molecule has 2 atom stereocenters. The number of hydrogen-bond donors (Lipinski definition) is 1. The maximum Gasteiger partial charge on any atom is 0.0236 e. The third kappa shape index (κ3) is 1.81. The summed E-state index contributed by atoms with van der Waals surface area (Å²) in [5, 5.41) is 3.62. The van der Waals surface area contributed by atoms with Crippen molar-refractivity contribution in [2.75, 3.05) is 0 Å². The van der Waals surface area contributed by atoms with Crippen LogP contribution >= 0.6 is 0 Å². The van der Waals surface area contributed by atoms with Crippen molar-refractivity contribution in [3.05, 3.63) is 71.8 Å². The standard InChI is InChI=1S/C18H19N/c1-3-7-14(8-4-1)18(15-9-5-2-6-10-15)12-11-16-17(13-18)19-16/h1-10,16-17,19H,11-13H2. The SMILES string of the molecule is c1ccc(C2(c3ccccc3)CCC3NC3C2)cc1. The van der Waals surface area contributed by atoms with Crippen molar-refractivity contribution in [1.29, 1.82) is 0 Å². The molecule has 1 aliphatic heterocycles. The van der Waals surface area contributed by atoms with E-state index in [-0.39, 0.29) is 5.41 Å². The van der Waals surface area contributed by atoms with Gasteiger partial charge >= 0.3 is 0 Å². The summed E-state index contributed by atoms with van der Waals surface area (Å²) in [6.45, 7) is 0. The Morgan fingerprint density at radius 3 is 1.89 bits per heavy atom. The first-order valence-electron chi connectivity index (χ1n) is 7.26. The molecule has 1 N–H and O–H groups in total. The van der Waals surface area contributed by atoms with Gasteiger partial charge in [0.15, 0.2) is 0 Å². The fourth-order valence-electron chi connectivity index (χ4n) is 3.79. The van der Waals surface area contributed by atoms with Gasteiger partial charge in [-0.3, -0.25) is 0 Å². The molecule has 1 saturated carbocycles. The number of rotatable bonds is 2. The molecule has 96 valence electrons. The molecule has 1 saturated heterocycles. The first-order valence-corrected chi connectivity index (χ1v) is 7.26. The van der Waals surface area contributed by atoms with Crippen LogP contribution in [0.4, 0.5) is 0 Å². The Labute approximate surface area is 114 Å². The lowest BCUT2D eigenvalue weighted by Gasteiger charge is -2.37. The van der Waals surface area contributed by atoms with Gasteiger partial charge in [-0.15, -0.1) is 0 Å². The zero-order valence-corrected chi connectivity index (χ0v) is 11.0. The van der Waals surface area contributed by atoms with Crippen molar-refractivity contribution in [3.63, 3.8) is 0 Å². The molecule has 2 fully saturated rings. The molecule has 0 bridgehead atoms. The highest BCUT2D eigenvalue weighted by Crippen LogP contribution is 2.48. The van der Waals surface area contributed by atoms with Gasteiger partial charge in [-0.25, -0.2) is 0 Å². The number of hydrogen-bond acceptors (Lipinski definition) is 1. The van der Waals surface area contributed by atoms with Crippen LogP contribution in [-0.2, 0) is 5.41 Å². The maximum absolute atomic E-state index is 3.62. The van der Waals surface area contributed by atoms with Crippen LogP contribution in [0.3, 0.4) is 0 Å². The van der Waals surface area contributed by atoms with Gasteiger partial charge in [0.25, 0.3) is 0 Å². The lowest BCUT2D eigenvalue weighted by atomic mass is 9.65. The molecular formula is C18H19N. The van der Waals surface area contributed by atoms with Gasteiger partial charge < -0.3 is 5.32 Å². The van der Waals surface area contributed by atoms with Gasteiger partial charge in [-0.1, -0.05) is 60.7 Å². The van der Waals surface area contributed by atoms with E-state index in [9.17, 15) is 0 Å². The Morgan fingerprint density at radius 1 is 0.789 bits per heavy atom. The summed E-state index contributed by atoms with van der Waals surface area (Å²) in [7, 11) is 0. The predicted octanol–water partition coefficient (Wildman–Crippen LogP) is 3.50. The molecule has 1 aliphatic carbocycles. The summed E-state index contributed by atoms with van der Waals surface area (Å²) < 4.78 is 0. The van der Waals surface area contributed by atoms with Crippen LogP contribution in [-0.4, -0.2) is 12.1 Å². The normalized spacial score (nSPS) is 27.6. The summed E-state index contributed by atoms with van der Waals surface area (Å²) in [6, 6.07) is 23.6. The van der Waals surface area contributed by atoms with Crippen molar-refractivity contribution < 1.29 is 0 Å². The van der Waals surface area contributed by atoms with Crippen LogP contribution in [0.15, 0.2) is 60.7 Å². The molecule has 2 aliphatic rings. The molecule has 2 aromatic rings. The largest absolute Gasteiger partial charge is 0.308 e. The molecular weight excluding hydrogens is 230 g/mol. The van der Waals surface area contributed by atoms with E-state index in [1.807, 2.05) is 0 Å². The first kappa shape index (κ1) is 11.2. The molecule has 0 radical (unpaired) electrons. The molecule has 0 spiro atoms. The van der Waals surface area contributed by atoms with Crippen molar-refractivity contribution in [2.24, 2.45) is 0 Å². The highest BCUT2D eigenvalue weighted by atomic mass is 15.2. The van der Waals surface area contributed by atoms with Gasteiger partial charge in [0.1, 0.15) is 0 Å². The summed E-state index contributed by atoms with van der Waals surface area (Å²) in [6.07, 6.45) is 3.80. The molecule has 2 aromatic carbocycles. The van der Waals surface area contributed by atoms with E-state index >= 15 is 0 Å². The number of nitrogens with one attached hydrogen (secondary N) is 1. The van der Waals surface area contributed by atoms with E-state index in [0.29, 0.717) is 0 Å². The summed E-state index contributed by atoms with van der Waals surface area (Å²) in [4.78, 5) is 0. The predicted molar refractivity (Wildman–Crippen MR) is 78.2 cm³/mol. The topological polar surface area (TPSA) is 21.9 Å². The summed E-state index contributed by atoms with van der Waals surface area (Å²) in [5.74, 6) is 0. The van der Waals surface area contributed by atoms with Crippen molar-refractivity contribution >= 4 is 0 Å². The minimum Gasteiger partial charge on any atom is -0.308 e.